The van der Waals surface area contributed by atoms with E-state index in [1.807, 2.05) is 44.2 Å². The lowest BCUT2D eigenvalue weighted by molar-refractivity contribution is -0.123. The van der Waals surface area contributed by atoms with Crippen molar-refractivity contribution in [2.24, 2.45) is 0 Å². The minimum absolute atomic E-state index is 0.0105. The SMILES string of the molecule is Cc1nc(NCCNC(=O)COc2ccccc2C)cc(N2CCCCC2)n1. The summed E-state index contributed by atoms with van der Waals surface area (Å²) in [6, 6.07) is 9.65. The molecule has 7 nitrogen and oxygen atoms in total. The monoisotopic (exact) mass is 383 g/mol. The van der Waals surface area contributed by atoms with Gasteiger partial charge in [0.25, 0.3) is 5.91 Å². The van der Waals surface area contributed by atoms with Crippen molar-refractivity contribution in [2.75, 3.05) is 43.0 Å². The summed E-state index contributed by atoms with van der Waals surface area (Å²) in [5, 5.41) is 6.12. The molecule has 0 atom stereocenters. The Labute approximate surface area is 166 Å². The lowest BCUT2D eigenvalue weighted by Crippen LogP contribution is -2.33. The maximum absolute atomic E-state index is 12.0. The lowest BCUT2D eigenvalue weighted by Gasteiger charge is -2.28. The fraction of sp³-hybridized carbons (Fsp3) is 0.476. The van der Waals surface area contributed by atoms with Gasteiger partial charge >= 0.3 is 0 Å². The van der Waals surface area contributed by atoms with Gasteiger partial charge in [0.2, 0.25) is 0 Å². The van der Waals surface area contributed by atoms with Crippen molar-refractivity contribution < 1.29 is 9.53 Å². The van der Waals surface area contributed by atoms with E-state index < -0.39 is 0 Å². The van der Waals surface area contributed by atoms with Crippen LogP contribution in [0.1, 0.15) is 30.7 Å². The molecule has 7 heteroatoms. The van der Waals surface area contributed by atoms with Crippen LogP contribution in [0.4, 0.5) is 11.6 Å². The van der Waals surface area contributed by atoms with Gasteiger partial charge < -0.3 is 20.3 Å². The molecule has 28 heavy (non-hydrogen) atoms. The van der Waals surface area contributed by atoms with Crippen molar-refractivity contribution in [3.63, 3.8) is 0 Å². The van der Waals surface area contributed by atoms with Gasteiger partial charge in [0.05, 0.1) is 0 Å². The third-order valence-corrected chi connectivity index (χ3v) is 4.71. The molecule has 1 aromatic carbocycles. The maximum atomic E-state index is 12.0. The van der Waals surface area contributed by atoms with Crippen molar-refractivity contribution in [2.45, 2.75) is 33.1 Å². The first-order chi connectivity index (χ1) is 13.6. The molecule has 1 aliphatic heterocycles. The Kier molecular flexibility index (Phi) is 7.06. The number of para-hydroxylation sites is 1. The molecule has 1 aromatic heterocycles. The Balaban J connectivity index is 1.41. The van der Waals surface area contributed by atoms with Crippen molar-refractivity contribution in [3.05, 3.63) is 41.7 Å². The Hall–Kier alpha value is -2.83. The predicted molar refractivity (Wildman–Crippen MR) is 111 cm³/mol. The molecule has 0 radical (unpaired) electrons. The van der Waals surface area contributed by atoms with Crippen molar-refractivity contribution in [1.29, 1.82) is 0 Å². The van der Waals surface area contributed by atoms with E-state index in [0.717, 1.165) is 41.9 Å². The first-order valence-electron chi connectivity index (χ1n) is 9.91. The number of aromatic nitrogens is 2. The van der Waals surface area contributed by atoms with Gasteiger partial charge in [-0.1, -0.05) is 18.2 Å². The van der Waals surface area contributed by atoms with Crippen molar-refractivity contribution >= 4 is 17.5 Å². The molecule has 1 aliphatic rings. The molecular formula is C21H29N5O2. The average molecular weight is 383 g/mol. The van der Waals surface area contributed by atoms with Gasteiger partial charge in [-0.2, -0.15) is 0 Å². The molecule has 150 valence electrons. The molecule has 0 aliphatic carbocycles. The van der Waals surface area contributed by atoms with E-state index in [-0.39, 0.29) is 12.5 Å². The highest BCUT2D eigenvalue weighted by Crippen LogP contribution is 2.20. The normalized spacial score (nSPS) is 13.9. The smallest absolute Gasteiger partial charge is 0.258 e. The number of carbonyl (C=O) groups is 1. The summed E-state index contributed by atoms with van der Waals surface area (Å²) in [5.41, 5.74) is 1.01. The second kappa shape index (κ2) is 9.92. The van der Waals surface area contributed by atoms with E-state index in [0.29, 0.717) is 13.1 Å². The molecule has 1 saturated heterocycles. The highest BCUT2D eigenvalue weighted by molar-refractivity contribution is 5.77. The zero-order valence-electron chi connectivity index (χ0n) is 16.7. The second-order valence-corrected chi connectivity index (χ2v) is 7.04. The molecule has 0 bridgehead atoms. The van der Waals surface area contributed by atoms with Gasteiger partial charge in [-0.3, -0.25) is 4.79 Å². The standard InChI is InChI=1S/C21H29N5O2/c1-16-8-4-5-9-18(16)28-15-21(27)23-11-10-22-19-14-20(25-17(2)24-19)26-12-6-3-7-13-26/h4-5,8-9,14H,3,6-7,10-13,15H2,1-2H3,(H,23,27)(H,22,24,25). The summed E-state index contributed by atoms with van der Waals surface area (Å²) in [7, 11) is 0. The number of hydrogen-bond acceptors (Lipinski definition) is 6. The predicted octanol–water partition coefficient (Wildman–Crippen LogP) is 2.69. The summed E-state index contributed by atoms with van der Waals surface area (Å²) in [6.45, 7) is 7.06. The van der Waals surface area contributed by atoms with E-state index in [9.17, 15) is 4.79 Å². The average Bonchev–Trinajstić information content (AvgIpc) is 2.71. The number of hydrogen-bond donors (Lipinski definition) is 2. The molecule has 1 fully saturated rings. The number of rotatable bonds is 8. The number of aryl methyl sites for hydroxylation is 2. The summed E-state index contributed by atoms with van der Waals surface area (Å²) < 4.78 is 5.55. The largest absolute Gasteiger partial charge is 0.484 e. The summed E-state index contributed by atoms with van der Waals surface area (Å²) in [6.07, 6.45) is 3.71. The fourth-order valence-corrected chi connectivity index (χ4v) is 3.23. The molecular weight excluding hydrogens is 354 g/mol. The highest BCUT2D eigenvalue weighted by atomic mass is 16.5. The van der Waals surface area contributed by atoms with Crippen LogP contribution in [-0.4, -0.2) is 48.7 Å². The minimum Gasteiger partial charge on any atom is -0.484 e. The van der Waals surface area contributed by atoms with Gasteiger partial charge in [0.15, 0.2) is 6.61 Å². The number of carbonyl (C=O) groups excluding carboxylic acids is 1. The van der Waals surface area contributed by atoms with Crippen LogP contribution in [0.2, 0.25) is 0 Å². The van der Waals surface area contributed by atoms with Gasteiger partial charge in [0.1, 0.15) is 23.2 Å². The number of piperidine rings is 1. The first-order valence-corrected chi connectivity index (χ1v) is 9.91. The highest BCUT2D eigenvalue weighted by Gasteiger charge is 2.13. The summed E-state index contributed by atoms with van der Waals surface area (Å²) in [4.78, 5) is 23.3. The van der Waals surface area contributed by atoms with Gasteiger partial charge in [-0.05, 0) is 44.7 Å². The van der Waals surface area contributed by atoms with Crippen LogP contribution in [0.3, 0.4) is 0 Å². The molecule has 0 spiro atoms. The number of nitrogens with one attached hydrogen (secondary N) is 2. The third-order valence-electron chi connectivity index (χ3n) is 4.71. The molecule has 2 aromatic rings. The van der Waals surface area contributed by atoms with Crippen LogP contribution in [0.25, 0.3) is 0 Å². The summed E-state index contributed by atoms with van der Waals surface area (Å²) >= 11 is 0. The van der Waals surface area contributed by atoms with Gasteiger partial charge in [0, 0.05) is 32.2 Å². The Bertz CT molecular complexity index is 790. The quantitative estimate of drug-likeness (QED) is 0.683. The first kappa shape index (κ1) is 19.9. The number of ether oxygens (including phenoxy) is 1. The number of benzene rings is 1. The van der Waals surface area contributed by atoms with E-state index in [1.165, 1.54) is 19.3 Å². The van der Waals surface area contributed by atoms with Crippen LogP contribution >= 0.6 is 0 Å². The van der Waals surface area contributed by atoms with E-state index in [1.54, 1.807) is 0 Å². The van der Waals surface area contributed by atoms with Crippen molar-refractivity contribution in [1.82, 2.24) is 15.3 Å². The summed E-state index contributed by atoms with van der Waals surface area (Å²) in [5.74, 6) is 3.11. The van der Waals surface area contributed by atoms with E-state index in [4.69, 9.17) is 4.74 Å². The van der Waals surface area contributed by atoms with Gasteiger partial charge in [-0.25, -0.2) is 9.97 Å². The van der Waals surface area contributed by atoms with Crippen LogP contribution < -0.4 is 20.3 Å². The molecule has 0 unspecified atom stereocenters. The number of amides is 1. The molecule has 2 heterocycles. The van der Waals surface area contributed by atoms with Crippen LogP contribution in [0.5, 0.6) is 5.75 Å². The zero-order chi connectivity index (χ0) is 19.8. The van der Waals surface area contributed by atoms with Crippen molar-refractivity contribution in [3.8, 4) is 5.75 Å². The third kappa shape index (κ3) is 5.84. The Morgan fingerprint density at radius 2 is 1.89 bits per heavy atom. The lowest BCUT2D eigenvalue weighted by atomic mass is 10.1. The number of nitrogens with zero attached hydrogens (tertiary/aromatic N) is 3. The Morgan fingerprint density at radius 1 is 1.11 bits per heavy atom. The van der Waals surface area contributed by atoms with Gasteiger partial charge in [-0.15, -0.1) is 0 Å². The van der Waals surface area contributed by atoms with Crippen LogP contribution in [0, 0.1) is 13.8 Å². The van der Waals surface area contributed by atoms with Crippen LogP contribution in [0.15, 0.2) is 30.3 Å². The second-order valence-electron chi connectivity index (χ2n) is 7.04. The number of anilines is 2. The zero-order valence-corrected chi connectivity index (χ0v) is 16.7. The minimum atomic E-state index is -0.141. The topological polar surface area (TPSA) is 79.4 Å². The molecule has 2 N–H and O–H groups in total. The molecule has 1 amide bonds. The molecule has 0 saturated carbocycles. The van der Waals surface area contributed by atoms with E-state index in [2.05, 4.69) is 25.5 Å². The Morgan fingerprint density at radius 3 is 2.68 bits per heavy atom. The molecule has 3 rings (SSSR count). The van der Waals surface area contributed by atoms with Crippen LogP contribution in [-0.2, 0) is 4.79 Å². The fourth-order valence-electron chi connectivity index (χ4n) is 3.23. The van der Waals surface area contributed by atoms with E-state index >= 15 is 0 Å². The maximum Gasteiger partial charge on any atom is 0.258 e.